The van der Waals surface area contributed by atoms with Gasteiger partial charge in [-0.2, -0.15) is 0 Å². The number of nitrogens with one attached hydrogen (secondary N) is 1. The van der Waals surface area contributed by atoms with Crippen molar-refractivity contribution in [2.45, 2.75) is 25.8 Å². The summed E-state index contributed by atoms with van der Waals surface area (Å²) in [6.07, 6.45) is 2.87. The molecule has 0 aliphatic heterocycles. The minimum atomic E-state index is -0.494. The number of carbonyl (C=O) groups is 1. The number of carbonyl (C=O) groups excluding carboxylic acids is 1. The molecule has 0 radical (unpaired) electrons. The van der Waals surface area contributed by atoms with Gasteiger partial charge in [-0.05, 0) is 36.9 Å². The van der Waals surface area contributed by atoms with Crippen LogP contribution in [0.5, 0.6) is 5.75 Å². The van der Waals surface area contributed by atoms with Gasteiger partial charge in [0.1, 0.15) is 0 Å². The smallest absolute Gasteiger partial charge is 0.311 e. The molecule has 8 heteroatoms. The average molecular weight is 344 g/mol. The molecular weight excluding hydrogens is 322 g/mol. The summed E-state index contributed by atoms with van der Waals surface area (Å²) in [6.45, 7) is 0.781. The second kappa shape index (κ2) is 8.69. The number of hydrogen-bond donors (Lipinski definition) is 2. The average Bonchev–Trinajstić information content (AvgIpc) is 3.00. The summed E-state index contributed by atoms with van der Waals surface area (Å²) in [7, 11) is 1.39. The highest BCUT2D eigenvalue weighted by atomic mass is 35.5. The van der Waals surface area contributed by atoms with Crippen molar-refractivity contribution >= 4 is 24.0 Å². The topological polar surface area (TPSA) is 107 Å². The van der Waals surface area contributed by atoms with E-state index in [4.69, 9.17) is 10.5 Å². The number of nitrogens with two attached hydrogens (primary N) is 1. The van der Waals surface area contributed by atoms with Crippen LogP contribution in [0.3, 0.4) is 0 Å². The predicted octanol–water partition coefficient (Wildman–Crippen LogP) is 2.02. The first-order valence-electron chi connectivity index (χ1n) is 7.36. The first kappa shape index (κ1) is 19.2. The molecule has 0 heterocycles. The number of methoxy groups -OCH3 is 1. The Balaban J connectivity index is 0.00000264. The fourth-order valence-electron chi connectivity index (χ4n) is 2.97. The van der Waals surface area contributed by atoms with E-state index in [9.17, 15) is 14.9 Å². The number of hydrogen-bond acceptors (Lipinski definition) is 5. The van der Waals surface area contributed by atoms with Crippen LogP contribution in [0.2, 0.25) is 0 Å². The molecule has 0 spiro atoms. The molecule has 1 aliphatic rings. The largest absolute Gasteiger partial charge is 0.490 e. The second-order valence-corrected chi connectivity index (χ2v) is 5.51. The first-order chi connectivity index (χ1) is 10.6. The molecular formula is C15H22ClN3O4. The van der Waals surface area contributed by atoms with E-state index < -0.39 is 4.92 Å². The third kappa shape index (κ3) is 4.56. The van der Waals surface area contributed by atoms with Crippen LogP contribution in [0, 0.1) is 22.0 Å². The minimum absolute atomic E-state index is 0. The van der Waals surface area contributed by atoms with E-state index >= 15 is 0 Å². The zero-order valence-electron chi connectivity index (χ0n) is 13.0. The molecule has 1 aromatic rings. The number of rotatable bonds is 6. The number of amides is 1. The molecule has 2 rings (SSSR count). The molecule has 1 aromatic carbocycles. The summed E-state index contributed by atoms with van der Waals surface area (Å²) in [4.78, 5) is 22.7. The van der Waals surface area contributed by atoms with Gasteiger partial charge in [-0.15, -0.1) is 12.4 Å². The molecule has 128 valence electrons. The van der Waals surface area contributed by atoms with Gasteiger partial charge in [-0.1, -0.05) is 12.5 Å². The van der Waals surface area contributed by atoms with Crippen molar-refractivity contribution in [2.24, 2.45) is 17.6 Å². The molecule has 1 aliphatic carbocycles. The Morgan fingerprint density at radius 1 is 1.48 bits per heavy atom. The molecule has 0 aromatic heterocycles. The van der Waals surface area contributed by atoms with Gasteiger partial charge >= 0.3 is 5.69 Å². The van der Waals surface area contributed by atoms with Gasteiger partial charge in [0.25, 0.3) is 0 Å². The van der Waals surface area contributed by atoms with Crippen LogP contribution >= 0.6 is 12.4 Å². The van der Waals surface area contributed by atoms with E-state index in [-0.39, 0.29) is 48.1 Å². The number of benzene rings is 1. The summed E-state index contributed by atoms with van der Waals surface area (Å²) in [5.74, 6) is 0.383. The van der Waals surface area contributed by atoms with E-state index in [0.717, 1.165) is 19.3 Å². The van der Waals surface area contributed by atoms with Gasteiger partial charge in [0, 0.05) is 18.5 Å². The van der Waals surface area contributed by atoms with E-state index in [0.29, 0.717) is 12.1 Å². The summed E-state index contributed by atoms with van der Waals surface area (Å²) in [5, 5.41) is 13.8. The lowest BCUT2D eigenvalue weighted by atomic mass is 9.95. The van der Waals surface area contributed by atoms with E-state index in [1.807, 2.05) is 0 Å². The molecule has 0 bridgehead atoms. The summed E-state index contributed by atoms with van der Waals surface area (Å²) in [5.41, 5.74) is 6.25. The summed E-state index contributed by atoms with van der Waals surface area (Å²) in [6, 6.07) is 4.67. The van der Waals surface area contributed by atoms with Crippen LogP contribution in [0.1, 0.15) is 24.8 Å². The zero-order chi connectivity index (χ0) is 16.1. The van der Waals surface area contributed by atoms with Crippen LogP contribution in [-0.2, 0) is 11.3 Å². The normalized spacial score (nSPS) is 19.7. The van der Waals surface area contributed by atoms with Crippen molar-refractivity contribution in [2.75, 3.05) is 13.7 Å². The molecule has 7 nitrogen and oxygen atoms in total. The van der Waals surface area contributed by atoms with E-state index in [1.165, 1.54) is 19.2 Å². The molecule has 0 unspecified atom stereocenters. The lowest BCUT2D eigenvalue weighted by Crippen LogP contribution is -2.34. The summed E-state index contributed by atoms with van der Waals surface area (Å²) < 4.78 is 4.95. The van der Waals surface area contributed by atoms with Gasteiger partial charge in [-0.3, -0.25) is 14.9 Å². The van der Waals surface area contributed by atoms with Crippen molar-refractivity contribution in [3.05, 3.63) is 33.9 Å². The number of nitro groups is 1. The van der Waals surface area contributed by atoms with E-state index in [1.54, 1.807) is 6.07 Å². The molecule has 1 saturated carbocycles. The lowest BCUT2D eigenvalue weighted by Gasteiger charge is -2.17. The van der Waals surface area contributed by atoms with Crippen molar-refractivity contribution in [3.8, 4) is 5.75 Å². The Bertz CT molecular complexity index is 568. The Morgan fingerprint density at radius 3 is 2.83 bits per heavy atom. The predicted molar refractivity (Wildman–Crippen MR) is 88.6 cm³/mol. The Labute approximate surface area is 141 Å². The van der Waals surface area contributed by atoms with Crippen LogP contribution in [0.25, 0.3) is 0 Å². The van der Waals surface area contributed by atoms with Gasteiger partial charge in [0.15, 0.2) is 5.75 Å². The third-order valence-corrected chi connectivity index (χ3v) is 4.21. The van der Waals surface area contributed by atoms with Crippen LogP contribution < -0.4 is 15.8 Å². The molecule has 2 atom stereocenters. The Kier molecular flexibility index (Phi) is 7.25. The summed E-state index contributed by atoms with van der Waals surface area (Å²) >= 11 is 0. The van der Waals surface area contributed by atoms with Crippen molar-refractivity contribution in [3.63, 3.8) is 0 Å². The number of ether oxygens (including phenoxy) is 1. The fourth-order valence-corrected chi connectivity index (χ4v) is 2.97. The molecule has 1 fully saturated rings. The highest BCUT2D eigenvalue weighted by Crippen LogP contribution is 2.31. The number of nitro benzene ring substituents is 1. The van der Waals surface area contributed by atoms with Gasteiger partial charge in [0.2, 0.25) is 5.91 Å². The SMILES string of the molecule is COc1ccc(CNC(=O)[C@@H]2CCC[C@@H]2CN)cc1[N+](=O)[O-].Cl. The maximum absolute atomic E-state index is 12.2. The van der Waals surface area contributed by atoms with E-state index in [2.05, 4.69) is 5.32 Å². The van der Waals surface area contributed by atoms with Crippen LogP contribution in [0.15, 0.2) is 18.2 Å². The van der Waals surface area contributed by atoms with Gasteiger partial charge < -0.3 is 15.8 Å². The Hall–Kier alpha value is -1.86. The molecule has 0 saturated heterocycles. The quantitative estimate of drug-likeness (QED) is 0.607. The third-order valence-electron chi connectivity index (χ3n) is 4.21. The highest BCUT2D eigenvalue weighted by molar-refractivity contribution is 5.85. The maximum atomic E-state index is 12.2. The van der Waals surface area contributed by atoms with Gasteiger partial charge in [-0.25, -0.2) is 0 Å². The highest BCUT2D eigenvalue weighted by Gasteiger charge is 2.31. The molecule has 3 N–H and O–H groups in total. The number of halogens is 1. The van der Waals surface area contributed by atoms with Gasteiger partial charge in [0.05, 0.1) is 12.0 Å². The monoisotopic (exact) mass is 343 g/mol. The maximum Gasteiger partial charge on any atom is 0.311 e. The fraction of sp³-hybridized carbons (Fsp3) is 0.533. The molecule has 23 heavy (non-hydrogen) atoms. The van der Waals surface area contributed by atoms with Crippen molar-refractivity contribution < 1.29 is 14.5 Å². The number of nitrogens with zero attached hydrogens (tertiary/aromatic N) is 1. The lowest BCUT2D eigenvalue weighted by molar-refractivity contribution is -0.385. The second-order valence-electron chi connectivity index (χ2n) is 5.51. The van der Waals surface area contributed by atoms with Crippen LogP contribution in [0.4, 0.5) is 5.69 Å². The first-order valence-corrected chi connectivity index (χ1v) is 7.36. The zero-order valence-corrected chi connectivity index (χ0v) is 13.8. The van der Waals surface area contributed by atoms with Crippen LogP contribution in [-0.4, -0.2) is 24.5 Å². The van der Waals surface area contributed by atoms with Crippen molar-refractivity contribution in [1.82, 2.24) is 5.32 Å². The molecule has 1 amide bonds. The van der Waals surface area contributed by atoms with Crippen molar-refractivity contribution in [1.29, 1.82) is 0 Å². The Morgan fingerprint density at radius 2 is 2.22 bits per heavy atom. The standard InChI is InChI=1S/C15H21N3O4.ClH/c1-22-14-6-5-10(7-13(14)18(20)21)9-17-15(19)12-4-2-3-11(12)8-16;/h5-7,11-12H,2-4,8-9,16H2,1H3,(H,17,19);1H/t11-,12-;/m1./s1. The minimum Gasteiger partial charge on any atom is -0.490 e.